The van der Waals surface area contributed by atoms with Gasteiger partial charge in [-0.1, -0.05) is 20.8 Å². The first-order chi connectivity index (χ1) is 13.9. The molecule has 0 spiro atoms. The highest BCUT2D eigenvalue weighted by Gasteiger charge is 2.82. The summed E-state index contributed by atoms with van der Waals surface area (Å²) in [7, 11) is 1.48. The van der Waals surface area contributed by atoms with Crippen LogP contribution < -0.4 is 0 Å². The molecule has 0 unspecified atom stereocenters. The molecule has 30 heavy (non-hydrogen) atoms. The summed E-state index contributed by atoms with van der Waals surface area (Å²) in [5, 5.41) is 23.6. The number of ether oxygens (including phenoxy) is 4. The van der Waals surface area contributed by atoms with Crippen LogP contribution in [0.2, 0.25) is 0 Å². The van der Waals surface area contributed by atoms with E-state index in [1.807, 2.05) is 26.8 Å². The van der Waals surface area contributed by atoms with E-state index in [1.165, 1.54) is 14.0 Å². The maximum absolute atomic E-state index is 13.8. The predicted octanol–water partition coefficient (Wildman–Crippen LogP) is 0.937. The topological polar surface area (TPSA) is 112 Å². The lowest BCUT2D eigenvalue weighted by atomic mass is 9.36. The molecular formula is C22H30O8. The molecule has 2 N–H and O–H groups in total. The Bertz CT molecular complexity index is 850. The van der Waals surface area contributed by atoms with Crippen LogP contribution >= 0.6 is 0 Å². The summed E-state index contributed by atoms with van der Waals surface area (Å²) in [6, 6.07) is 0. The van der Waals surface area contributed by atoms with Crippen molar-refractivity contribution >= 4 is 11.8 Å². The van der Waals surface area contributed by atoms with E-state index in [2.05, 4.69) is 0 Å². The Morgan fingerprint density at radius 2 is 1.87 bits per heavy atom. The molecule has 0 amide bonds. The number of hydrogen-bond acceptors (Lipinski definition) is 8. The molecule has 5 aliphatic rings. The highest BCUT2D eigenvalue weighted by Crippen LogP contribution is 2.71. The first kappa shape index (κ1) is 20.4. The third kappa shape index (κ3) is 1.97. The largest absolute Gasteiger partial charge is 0.493 e. The van der Waals surface area contributed by atoms with Crippen LogP contribution in [0.1, 0.15) is 40.5 Å². The van der Waals surface area contributed by atoms with Crippen LogP contribution in [0.3, 0.4) is 0 Å². The number of methoxy groups -OCH3 is 1. The minimum Gasteiger partial charge on any atom is -0.493 e. The average Bonchev–Trinajstić information content (AvgIpc) is 3.14. The Labute approximate surface area is 175 Å². The molecule has 8 heteroatoms. The van der Waals surface area contributed by atoms with Crippen molar-refractivity contribution in [2.45, 2.75) is 70.1 Å². The summed E-state index contributed by atoms with van der Waals surface area (Å²) in [6.45, 7) is 7.20. The molecule has 2 saturated carbocycles. The molecule has 0 aromatic rings. The Morgan fingerprint density at radius 3 is 2.53 bits per heavy atom. The number of Topliss-reactive ketones (excluding diaryl/α,β-unsaturated/α-hetero) is 1. The van der Waals surface area contributed by atoms with Crippen molar-refractivity contribution in [3.05, 3.63) is 11.8 Å². The van der Waals surface area contributed by atoms with Crippen LogP contribution in [0.15, 0.2) is 11.8 Å². The zero-order valence-electron chi connectivity index (χ0n) is 18.0. The Balaban J connectivity index is 1.78. The zero-order chi connectivity index (χ0) is 21.9. The first-order valence-corrected chi connectivity index (χ1v) is 10.6. The van der Waals surface area contributed by atoms with Crippen molar-refractivity contribution in [3.63, 3.8) is 0 Å². The monoisotopic (exact) mass is 422 g/mol. The molecule has 5 rings (SSSR count). The maximum atomic E-state index is 13.8. The number of fused-ring (bicyclic) bond motifs is 4. The summed E-state index contributed by atoms with van der Waals surface area (Å²) in [5.41, 5.74) is -5.67. The second-order valence-electron chi connectivity index (χ2n) is 10.3. The summed E-state index contributed by atoms with van der Waals surface area (Å²) in [4.78, 5) is 26.3. The quantitative estimate of drug-likeness (QED) is 0.601. The van der Waals surface area contributed by atoms with Gasteiger partial charge in [0.25, 0.3) is 0 Å². The molecule has 0 bridgehead atoms. The smallest absolute Gasteiger partial charge is 0.309 e. The molecular weight excluding hydrogens is 392 g/mol. The molecule has 2 saturated heterocycles. The zero-order valence-corrected chi connectivity index (χ0v) is 18.0. The molecule has 166 valence electrons. The Kier molecular flexibility index (Phi) is 3.98. The molecule has 10 atom stereocenters. The lowest BCUT2D eigenvalue weighted by Gasteiger charge is -2.71. The van der Waals surface area contributed by atoms with E-state index >= 15 is 0 Å². The summed E-state index contributed by atoms with van der Waals surface area (Å²) in [5.74, 6) is -1.10. The highest BCUT2D eigenvalue weighted by atomic mass is 16.7. The van der Waals surface area contributed by atoms with E-state index in [0.29, 0.717) is 12.2 Å². The van der Waals surface area contributed by atoms with E-state index in [0.717, 1.165) is 0 Å². The van der Waals surface area contributed by atoms with Gasteiger partial charge in [0.05, 0.1) is 19.6 Å². The number of esters is 1. The van der Waals surface area contributed by atoms with Gasteiger partial charge in [-0.05, 0) is 31.3 Å². The van der Waals surface area contributed by atoms with Crippen molar-refractivity contribution < 1.29 is 38.7 Å². The van der Waals surface area contributed by atoms with Crippen LogP contribution in [0.25, 0.3) is 0 Å². The van der Waals surface area contributed by atoms with Crippen LogP contribution in [0, 0.1) is 28.6 Å². The number of hydrogen-bond donors (Lipinski definition) is 2. The van der Waals surface area contributed by atoms with Crippen LogP contribution in [0.5, 0.6) is 0 Å². The van der Waals surface area contributed by atoms with Crippen molar-refractivity contribution in [2.75, 3.05) is 13.9 Å². The number of allylic oxidation sites excluding steroid dienone is 2. The fourth-order valence-electron chi connectivity index (χ4n) is 7.76. The summed E-state index contributed by atoms with van der Waals surface area (Å²) >= 11 is 0. The second kappa shape index (κ2) is 5.85. The van der Waals surface area contributed by atoms with E-state index in [1.54, 1.807) is 0 Å². The third-order valence-corrected chi connectivity index (χ3v) is 9.27. The van der Waals surface area contributed by atoms with Gasteiger partial charge in [-0.2, -0.15) is 0 Å². The van der Waals surface area contributed by atoms with Crippen molar-refractivity contribution in [3.8, 4) is 0 Å². The van der Waals surface area contributed by atoms with Gasteiger partial charge in [0, 0.05) is 16.7 Å². The van der Waals surface area contributed by atoms with Gasteiger partial charge in [0.1, 0.15) is 30.2 Å². The van der Waals surface area contributed by atoms with Gasteiger partial charge >= 0.3 is 5.97 Å². The molecule has 0 aromatic heterocycles. The second-order valence-corrected chi connectivity index (χ2v) is 10.3. The summed E-state index contributed by atoms with van der Waals surface area (Å²) in [6.07, 6.45) is -0.292. The Morgan fingerprint density at radius 1 is 1.17 bits per heavy atom. The lowest BCUT2D eigenvalue weighted by molar-refractivity contribution is -0.354. The molecule has 3 aliphatic carbocycles. The minimum absolute atomic E-state index is 0.0101. The van der Waals surface area contributed by atoms with Gasteiger partial charge < -0.3 is 29.2 Å². The molecule has 8 nitrogen and oxygen atoms in total. The normalized spacial score (nSPS) is 57.0. The number of carbonyl (C=O) groups is 2. The van der Waals surface area contributed by atoms with E-state index < -0.39 is 52.2 Å². The van der Waals surface area contributed by atoms with E-state index in [9.17, 15) is 19.8 Å². The van der Waals surface area contributed by atoms with Crippen molar-refractivity contribution in [2.24, 2.45) is 28.6 Å². The van der Waals surface area contributed by atoms with Gasteiger partial charge in [-0.15, -0.1) is 0 Å². The third-order valence-electron chi connectivity index (χ3n) is 9.27. The Hall–Kier alpha value is -1.48. The van der Waals surface area contributed by atoms with Gasteiger partial charge in [0.15, 0.2) is 5.76 Å². The number of aliphatic hydroxyl groups is 2. The van der Waals surface area contributed by atoms with Gasteiger partial charge in [-0.3, -0.25) is 9.59 Å². The molecule has 0 radical (unpaired) electrons. The number of ketones is 1. The molecule has 2 heterocycles. The molecule has 4 fully saturated rings. The lowest BCUT2D eigenvalue weighted by Crippen LogP contribution is -2.84. The van der Waals surface area contributed by atoms with Crippen molar-refractivity contribution in [1.29, 1.82) is 0 Å². The van der Waals surface area contributed by atoms with E-state index in [4.69, 9.17) is 18.9 Å². The fourth-order valence-corrected chi connectivity index (χ4v) is 7.76. The number of rotatable bonds is 1. The molecule has 0 aromatic carbocycles. The van der Waals surface area contributed by atoms with Crippen LogP contribution in [0.4, 0.5) is 0 Å². The highest BCUT2D eigenvalue weighted by molar-refractivity contribution is 6.00. The average molecular weight is 422 g/mol. The maximum Gasteiger partial charge on any atom is 0.309 e. The summed E-state index contributed by atoms with van der Waals surface area (Å²) < 4.78 is 23.0. The van der Waals surface area contributed by atoms with Crippen LogP contribution in [-0.2, 0) is 28.5 Å². The standard InChI is InChI=1S/C22H30O8/c1-10-6-12(27-5)17(24)19(2)11(10)7-13-20(3)16(19)15-18(29-9-28-15)21(4,25)22(20,26)8-14(23)30-13/h6,10-11,13,15-16,18,25-26H,7-9H2,1-5H3/t10-,11+,13-,15+,16-,18+,19+,20-,21-,22+/m1/s1. The van der Waals surface area contributed by atoms with Crippen molar-refractivity contribution in [1.82, 2.24) is 0 Å². The first-order valence-electron chi connectivity index (χ1n) is 10.6. The fraction of sp³-hybridized carbons (Fsp3) is 0.818. The van der Waals surface area contributed by atoms with E-state index in [-0.39, 0.29) is 30.8 Å². The SMILES string of the molecule is COC1=C[C@@H](C)[C@@H]2C[C@H]3OC(=O)C[C@]4(O)[C@@]3(C)[C@H]([C@@H]3OCO[C@@H]3[C@@]4(C)O)[C@@]2(C)C1=O. The van der Waals surface area contributed by atoms with Crippen LogP contribution in [-0.4, -0.2) is 65.4 Å². The van der Waals surface area contributed by atoms with Gasteiger partial charge in [-0.25, -0.2) is 0 Å². The minimum atomic E-state index is -1.84. The van der Waals surface area contributed by atoms with Gasteiger partial charge in [0.2, 0.25) is 5.78 Å². The number of carbonyl (C=O) groups excluding carboxylic acids is 2. The molecule has 2 aliphatic heterocycles. The predicted molar refractivity (Wildman–Crippen MR) is 102 cm³/mol.